The zero-order valence-electron chi connectivity index (χ0n) is 8.75. The summed E-state index contributed by atoms with van der Waals surface area (Å²) in [5.41, 5.74) is -0.104. The second-order valence-electron chi connectivity index (χ2n) is 4.33. The van der Waals surface area contributed by atoms with Crippen LogP contribution in [0, 0.1) is 5.41 Å². The molecule has 90 valence electrons. The summed E-state index contributed by atoms with van der Waals surface area (Å²) >= 11 is 1.06. The Balaban J connectivity index is 2.11. The smallest absolute Gasteiger partial charge is 0.249 e. The van der Waals surface area contributed by atoms with Gasteiger partial charge in [0.25, 0.3) is 0 Å². The quantitative estimate of drug-likeness (QED) is 0.774. The minimum Gasteiger partial charge on any atom is -0.396 e. The summed E-state index contributed by atoms with van der Waals surface area (Å²) in [7, 11) is -3.65. The molecule has 1 aliphatic heterocycles. The molecule has 2 heterocycles. The first-order valence-corrected chi connectivity index (χ1v) is 7.05. The normalized spacial score (nSPS) is 19.6. The minimum absolute atomic E-state index is 0.0695. The van der Waals surface area contributed by atoms with E-state index in [1.54, 1.807) is 0 Å². The van der Waals surface area contributed by atoms with Gasteiger partial charge in [-0.05, 0) is 0 Å². The number of hydrogen-bond donors (Lipinski definition) is 2. The van der Waals surface area contributed by atoms with E-state index in [2.05, 4.69) is 4.98 Å². The minimum atomic E-state index is -3.65. The van der Waals surface area contributed by atoms with Gasteiger partial charge in [-0.15, -0.1) is 0 Å². The van der Waals surface area contributed by atoms with Crippen LogP contribution in [0.25, 0.3) is 0 Å². The first-order valence-electron chi connectivity index (χ1n) is 4.68. The number of anilines is 1. The molecule has 0 aliphatic carbocycles. The maximum Gasteiger partial charge on any atom is 0.249 e. The summed E-state index contributed by atoms with van der Waals surface area (Å²) in [5.74, 6) is 0. The maximum atomic E-state index is 11.0. The van der Waals surface area contributed by atoms with Crippen LogP contribution < -0.4 is 10.0 Å². The van der Waals surface area contributed by atoms with Gasteiger partial charge in [-0.3, -0.25) is 0 Å². The van der Waals surface area contributed by atoms with E-state index in [1.807, 2.05) is 11.8 Å². The summed E-state index contributed by atoms with van der Waals surface area (Å²) in [6, 6.07) is 0. The zero-order chi connectivity index (χ0) is 12.0. The highest BCUT2D eigenvalue weighted by Gasteiger charge is 2.39. The highest BCUT2D eigenvalue weighted by molar-refractivity contribution is 7.91. The van der Waals surface area contributed by atoms with E-state index in [-0.39, 0.29) is 16.2 Å². The lowest BCUT2D eigenvalue weighted by Gasteiger charge is -2.46. The number of aliphatic hydroxyl groups excluding tert-OH is 1. The average Bonchev–Trinajstić information content (AvgIpc) is 2.60. The van der Waals surface area contributed by atoms with Gasteiger partial charge in [-0.2, -0.15) is 0 Å². The van der Waals surface area contributed by atoms with E-state index in [9.17, 15) is 8.42 Å². The molecule has 1 saturated heterocycles. The van der Waals surface area contributed by atoms with Gasteiger partial charge in [0.05, 0.1) is 12.8 Å². The van der Waals surface area contributed by atoms with Crippen molar-refractivity contribution in [2.45, 2.75) is 11.1 Å². The van der Waals surface area contributed by atoms with Crippen LogP contribution in [0.1, 0.15) is 6.92 Å². The summed E-state index contributed by atoms with van der Waals surface area (Å²) in [4.78, 5) is 5.93. The Kier molecular flexibility index (Phi) is 2.69. The maximum absolute atomic E-state index is 11.0. The zero-order valence-corrected chi connectivity index (χ0v) is 10.4. The number of hydrogen-bond acceptors (Lipinski definition) is 6. The molecule has 0 bridgehead atoms. The van der Waals surface area contributed by atoms with Crippen molar-refractivity contribution in [3.63, 3.8) is 0 Å². The predicted molar refractivity (Wildman–Crippen MR) is 60.9 cm³/mol. The van der Waals surface area contributed by atoms with Gasteiger partial charge in [0.1, 0.15) is 0 Å². The molecule has 0 spiro atoms. The Morgan fingerprint density at radius 2 is 2.31 bits per heavy atom. The highest BCUT2D eigenvalue weighted by Crippen LogP contribution is 2.36. The molecule has 16 heavy (non-hydrogen) atoms. The number of nitrogens with two attached hydrogens (primary N) is 1. The third-order valence-electron chi connectivity index (χ3n) is 2.55. The standard InChI is InChI=1S/C8H13N3O3S2/c1-8(5-12)3-11(4-8)7-10-2-6(15-7)16(9,13)14/h2,12H,3-5H2,1H3,(H2,9,13,14). The van der Waals surface area contributed by atoms with Crippen molar-refractivity contribution in [3.05, 3.63) is 6.20 Å². The second kappa shape index (κ2) is 3.66. The molecule has 0 unspecified atom stereocenters. The molecule has 0 saturated carbocycles. The van der Waals surface area contributed by atoms with Crippen LogP contribution in [0.5, 0.6) is 0 Å². The highest BCUT2D eigenvalue weighted by atomic mass is 32.2. The van der Waals surface area contributed by atoms with E-state index in [1.165, 1.54) is 6.20 Å². The van der Waals surface area contributed by atoms with Crippen LogP contribution in [0.3, 0.4) is 0 Å². The summed E-state index contributed by atoms with van der Waals surface area (Å²) in [6.07, 6.45) is 1.27. The van der Waals surface area contributed by atoms with Gasteiger partial charge in [0, 0.05) is 18.5 Å². The van der Waals surface area contributed by atoms with Crippen molar-refractivity contribution >= 4 is 26.5 Å². The van der Waals surface area contributed by atoms with Crippen LogP contribution in [0.15, 0.2) is 10.4 Å². The molecule has 8 heteroatoms. The Hall–Kier alpha value is -0.700. The molecule has 1 aliphatic rings. The van der Waals surface area contributed by atoms with E-state index in [4.69, 9.17) is 10.2 Å². The molecule has 3 N–H and O–H groups in total. The van der Waals surface area contributed by atoms with E-state index in [0.717, 1.165) is 11.3 Å². The van der Waals surface area contributed by atoms with Crippen molar-refractivity contribution < 1.29 is 13.5 Å². The SMILES string of the molecule is CC1(CO)CN(c2ncc(S(N)(=O)=O)s2)C1. The Morgan fingerprint density at radius 3 is 2.75 bits per heavy atom. The number of aliphatic hydroxyl groups is 1. The largest absolute Gasteiger partial charge is 0.396 e. The lowest BCUT2D eigenvalue weighted by atomic mass is 9.83. The summed E-state index contributed by atoms with van der Waals surface area (Å²) in [5, 5.41) is 14.7. The molecule has 0 amide bonds. The number of aromatic nitrogens is 1. The number of rotatable bonds is 3. The number of sulfonamides is 1. The molecular formula is C8H13N3O3S2. The lowest BCUT2D eigenvalue weighted by Crippen LogP contribution is -2.56. The van der Waals surface area contributed by atoms with Crippen molar-refractivity contribution in [3.8, 4) is 0 Å². The number of thiazole rings is 1. The molecule has 6 nitrogen and oxygen atoms in total. The van der Waals surface area contributed by atoms with Crippen LogP contribution in [-0.2, 0) is 10.0 Å². The van der Waals surface area contributed by atoms with E-state index >= 15 is 0 Å². The molecule has 0 atom stereocenters. The van der Waals surface area contributed by atoms with Gasteiger partial charge < -0.3 is 10.0 Å². The first kappa shape index (κ1) is 11.8. The van der Waals surface area contributed by atoms with Crippen LogP contribution in [0.2, 0.25) is 0 Å². The first-order chi connectivity index (χ1) is 7.34. The second-order valence-corrected chi connectivity index (χ2v) is 7.13. The molecule has 1 fully saturated rings. The fraction of sp³-hybridized carbons (Fsp3) is 0.625. The van der Waals surface area contributed by atoms with Crippen molar-refractivity contribution in [1.82, 2.24) is 4.98 Å². The van der Waals surface area contributed by atoms with Crippen LogP contribution in [0.4, 0.5) is 5.13 Å². The van der Waals surface area contributed by atoms with Crippen LogP contribution >= 0.6 is 11.3 Å². The monoisotopic (exact) mass is 263 g/mol. The molecule has 1 aromatic rings. The lowest BCUT2D eigenvalue weighted by molar-refractivity contribution is 0.111. The van der Waals surface area contributed by atoms with Gasteiger partial charge in [0.2, 0.25) is 10.0 Å². The number of primary sulfonamides is 1. The Bertz CT molecular complexity index is 490. The molecule has 0 aromatic carbocycles. The fourth-order valence-corrected chi connectivity index (χ4v) is 3.18. The van der Waals surface area contributed by atoms with Gasteiger partial charge in [-0.1, -0.05) is 18.3 Å². The molecule has 0 radical (unpaired) electrons. The topological polar surface area (TPSA) is 96.5 Å². The molecule has 1 aromatic heterocycles. The summed E-state index contributed by atoms with van der Waals surface area (Å²) in [6.45, 7) is 3.46. The Labute approximate surface area is 97.8 Å². The average molecular weight is 263 g/mol. The van der Waals surface area contributed by atoms with Crippen molar-refractivity contribution in [1.29, 1.82) is 0 Å². The fourth-order valence-electron chi connectivity index (χ4n) is 1.64. The van der Waals surface area contributed by atoms with E-state index in [0.29, 0.717) is 18.2 Å². The van der Waals surface area contributed by atoms with Crippen molar-refractivity contribution in [2.24, 2.45) is 10.6 Å². The molecular weight excluding hydrogens is 250 g/mol. The third kappa shape index (κ3) is 2.05. The third-order valence-corrected chi connectivity index (χ3v) is 5.02. The van der Waals surface area contributed by atoms with Crippen molar-refractivity contribution in [2.75, 3.05) is 24.6 Å². The van der Waals surface area contributed by atoms with Gasteiger partial charge >= 0.3 is 0 Å². The van der Waals surface area contributed by atoms with E-state index < -0.39 is 10.0 Å². The van der Waals surface area contributed by atoms with Crippen LogP contribution in [-0.4, -0.2) is 38.2 Å². The Morgan fingerprint density at radius 1 is 1.69 bits per heavy atom. The van der Waals surface area contributed by atoms with Gasteiger partial charge in [0.15, 0.2) is 9.34 Å². The molecule has 2 rings (SSSR count). The predicted octanol–water partition coefficient (Wildman–Crippen LogP) is -0.391. The summed E-state index contributed by atoms with van der Waals surface area (Å²) < 4.78 is 22.2. The number of nitrogens with zero attached hydrogens (tertiary/aromatic N) is 2. The van der Waals surface area contributed by atoms with Gasteiger partial charge in [-0.25, -0.2) is 18.5 Å².